The summed E-state index contributed by atoms with van der Waals surface area (Å²) in [4.78, 5) is 15.0. The van der Waals surface area contributed by atoms with Gasteiger partial charge in [-0.25, -0.2) is 16.8 Å². The molecule has 1 amide bonds. The number of amides is 1. The molecule has 0 atom stereocenters. The van der Waals surface area contributed by atoms with Crippen molar-refractivity contribution in [1.82, 2.24) is 9.21 Å². The minimum absolute atomic E-state index is 0.0929. The first-order valence-electron chi connectivity index (χ1n) is 11.6. The van der Waals surface area contributed by atoms with Crippen LogP contribution in [0.3, 0.4) is 0 Å². The first-order valence-corrected chi connectivity index (χ1v) is 14.5. The summed E-state index contributed by atoms with van der Waals surface area (Å²) in [5.74, 6) is -0.0929. The SMILES string of the molecule is Cc1ccc(S(=O)(=O)N2CCN(C(=O)CCCN3c4cccc5cccc(c45)S3(=O)=O)CC2)cc1. The highest BCUT2D eigenvalue weighted by Crippen LogP contribution is 2.42. The van der Waals surface area contributed by atoms with E-state index in [1.165, 1.54) is 8.61 Å². The van der Waals surface area contributed by atoms with Crippen molar-refractivity contribution in [2.75, 3.05) is 37.0 Å². The number of nitrogens with zero attached hydrogens (tertiary/aromatic N) is 3. The zero-order valence-corrected chi connectivity index (χ0v) is 21.1. The molecule has 8 nitrogen and oxygen atoms in total. The molecule has 3 aromatic carbocycles. The number of hydrogen-bond acceptors (Lipinski definition) is 5. The minimum atomic E-state index is -3.64. The second-order valence-electron chi connectivity index (χ2n) is 8.91. The number of rotatable bonds is 6. The first kappa shape index (κ1) is 23.8. The van der Waals surface area contributed by atoms with Gasteiger partial charge in [0.2, 0.25) is 15.9 Å². The van der Waals surface area contributed by atoms with Crippen LogP contribution in [-0.4, -0.2) is 64.7 Å². The number of hydrogen-bond donors (Lipinski definition) is 0. The third-order valence-corrected chi connectivity index (χ3v) is 10.5. The van der Waals surface area contributed by atoms with Crippen LogP contribution in [0.4, 0.5) is 5.69 Å². The van der Waals surface area contributed by atoms with E-state index in [4.69, 9.17) is 0 Å². The van der Waals surface area contributed by atoms with Crippen LogP contribution in [-0.2, 0) is 24.8 Å². The molecule has 0 unspecified atom stereocenters. The van der Waals surface area contributed by atoms with E-state index >= 15 is 0 Å². The molecule has 2 heterocycles. The molecule has 0 aliphatic carbocycles. The highest BCUT2D eigenvalue weighted by Gasteiger charge is 2.35. The predicted molar refractivity (Wildman–Crippen MR) is 134 cm³/mol. The summed E-state index contributed by atoms with van der Waals surface area (Å²) in [7, 11) is -7.23. The fourth-order valence-electron chi connectivity index (χ4n) is 4.77. The van der Waals surface area contributed by atoms with Gasteiger partial charge >= 0.3 is 0 Å². The van der Waals surface area contributed by atoms with Crippen LogP contribution in [0, 0.1) is 6.92 Å². The highest BCUT2D eigenvalue weighted by molar-refractivity contribution is 7.93. The van der Waals surface area contributed by atoms with Gasteiger partial charge in [0.15, 0.2) is 0 Å². The lowest BCUT2D eigenvalue weighted by molar-refractivity contribution is -0.132. The van der Waals surface area contributed by atoms with Crippen molar-refractivity contribution >= 4 is 42.4 Å². The molecular formula is C25H27N3O5S2. The monoisotopic (exact) mass is 513 g/mol. The zero-order chi connectivity index (χ0) is 24.8. The molecular weight excluding hydrogens is 486 g/mol. The van der Waals surface area contributed by atoms with Gasteiger partial charge in [0.05, 0.1) is 15.5 Å². The summed E-state index contributed by atoms with van der Waals surface area (Å²) in [5, 5.41) is 1.60. The summed E-state index contributed by atoms with van der Waals surface area (Å²) in [5.41, 5.74) is 1.64. The van der Waals surface area contributed by atoms with Gasteiger partial charge in [-0.1, -0.05) is 42.0 Å². The Kier molecular flexibility index (Phi) is 6.06. The third-order valence-electron chi connectivity index (χ3n) is 6.68. The standard InChI is InChI=1S/C25H27N3O5S2/c1-19-10-12-21(13-11-19)34(30,31)27-17-15-26(16-18-27)24(29)9-4-14-28-22-7-2-5-20-6-3-8-23(25(20)22)35(28,32)33/h2-3,5-8,10-13H,4,9,14-18H2,1H3. The topological polar surface area (TPSA) is 95.1 Å². The number of carbonyl (C=O) groups is 1. The molecule has 10 heteroatoms. The molecule has 3 aromatic rings. The van der Waals surface area contributed by atoms with Crippen LogP contribution < -0.4 is 4.31 Å². The zero-order valence-electron chi connectivity index (χ0n) is 19.4. The molecule has 0 aromatic heterocycles. The van der Waals surface area contributed by atoms with Crippen LogP contribution in [0.5, 0.6) is 0 Å². The van der Waals surface area contributed by atoms with E-state index in [9.17, 15) is 21.6 Å². The quantitative estimate of drug-likeness (QED) is 0.505. The van der Waals surface area contributed by atoms with Crippen molar-refractivity contribution in [3.05, 3.63) is 66.2 Å². The third kappa shape index (κ3) is 4.19. The molecule has 0 N–H and O–H groups in total. The average Bonchev–Trinajstić information content (AvgIpc) is 3.07. The number of carbonyl (C=O) groups excluding carboxylic acids is 1. The van der Waals surface area contributed by atoms with E-state index in [2.05, 4.69) is 0 Å². The van der Waals surface area contributed by atoms with Crippen LogP contribution >= 0.6 is 0 Å². The second-order valence-corrected chi connectivity index (χ2v) is 12.7. The number of anilines is 1. The molecule has 184 valence electrons. The van der Waals surface area contributed by atoms with Crippen molar-refractivity contribution in [3.63, 3.8) is 0 Å². The van der Waals surface area contributed by atoms with Gasteiger partial charge in [0, 0.05) is 44.5 Å². The van der Waals surface area contributed by atoms with Crippen LogP contribution in [0.2, 0.25) is 0 Å². The maximum absolute atomic E-state index is 13.1. The molecule has 0 bridgehead atoms. The number of piperazine rings is 1. The number of sulfonamides is 2. The molecule has 0 radical (unpaired) electrons. The second kappa shape index (κ2) is 8.92. The molecule has 1 fully saturated rings. The lowest BCUT2D eigenvalue weighted by Crippen LogP contribution is -2.50. The van der Waals surface area contributed by atoms with E-state index in [1.54, 1.807) is 47.4 Å². The van der Waals surface area contributed by atoms with Crippen molar-refractivity contribution < 1.29 is 21.6 Å². The average molecular weight is 514 g/mol. The molecule has 0 saturated carbocycles. The largest absolute Gasteiger partial charge is 0.340 e. The maximum Gasteiger partial charge on any atom is 0.265 e. The summed E-state index contributed by atoms with van der Waals surface area (Å²) in [6.45, 7) is 3.22. The van der Waals surface area contributed by atoms with Gasteiger partial charge in [-0.15, -0.1) is 0 Å². The molecule has 2 aliphatic rings. The van der Waals surface area contributed by atoms with Gasteiger partial charge in [-0.3, -0.25) is 9.10 Å². The Bertz CT molecular complexity index is 1490. The van der Waals surface area contributed by atoms with Gasteiger partial charge in [0.25, 0.3) is 10.0 Å². The lowest BCUT2D eigenvalue weighted by Gasteiger charge is -2.34. The Morgan fingerprint density at radius 3 is 2.26 bits per heavy atom. The fourth-order valence-corrected chi connectivity index (χ4v) is 7.94. The summed E-state index contributed by atoms with van der Waals surface area (Å²) in [6.07, 6.45) is 0.577. The molecule has 2 aliphatic heterocycles. The predicted octanol–water partition coefficient (Wildman–Crippen LogP) is 2.97. The summed E-state index contributed by atoms with van der Waals surface area (Å²) >= 11 is 0. The van der Waals surface area contributed by atoms with Crippen LogP contribution in [0.25, 0.3) is 10.8 Å². The molecule has 1 saturated heterocycles. The first-order chi connectivity index (χ1) is 16.7. The van der Waals surface area contributed by atoms with Crippen LogP contribution in [0.1, 0.15) is 18.4 Å². The minimum Gasteiger partial charge on any atom is -0.340 e. The van der Waals surface area contributed by atoms with E-state index in [-0.39, 0.29) is 36.9 Å². The van der Waals surface area contributed by atoms with E-state index < -0.39 is 20.0 Å². The highest BCUT2D eigenvalue weighted by atomic mass is 32.2. The Hall–Kier alpha value is -2.95. The van der Waals surface area contributed by atoms with Gasteiger partial charge < -0.3 is 4.90 Å². The number of aryl methyl sites for hydroxylation is 1. The van der Waals surface area contributed by atoms with E-state index in [1.807, 2.05) is 25.1 Å². The molecule has 0 spiro atoms. The van der Waals surface area contributed by atoms with Gasteiger partial charge in [0.1, 0.15) is 0 Å². The van der Waals surface area contributed by atoms with Gasteiger partial charge in [-0.2, -0.15) is 4.31 Å². The van der Waals surface area contributed by atoms with Crippen molar-refractivity contribution in [1.29, 1.82) is 0 Å². The number of benzene rings is 3. The Morgan fingerprint density at radius 2 is 1.57 bits per heavy atom. The van der Waals surface area contributed by atoms with Crippen LogP contribution in [0.15, 0.2) is 70.5 Å². The fraction of sp³-hybridized carbons (Fsp3) is 0.320. The van der Waals surface area contributed by atoms with E-state index in [0.717, 1.165) is 16.3 Å². The van der Waals surface area contributed by atoms with E-state index in [0.29, 0.717) is 30.1 Å². The summed E-state index contributed by atoms with van der Waals surface area (Å²) in [6, 6.07) is 17.5. The molecule has 35 heavy (non-hydrogen) atoms. The van der Waals surface area contributed by atoms with Crippen molar-refractivity contribution in [3.8, 4) is 0 Å². The maximum atomic E-state index is 13.1. The normalized spacial score (nSPS) is 17.7. The van der Waals surface area contributed by atoms with Crippen molar-refractivity contribution in [2.24, 2.45) is 0 Å². The Labute approximate surface area is 205 Å². The smallest absolute Gasteiger partial charge is 0.265 e. The Morgan fingerprint density at radius 1 is 0.914 bits per heavy atom. The van der Waals surface area contributed by atoms with Crippen molar-refractivity contribution in [2.45, 2.75) is 29.6 Å². The molecule has 5 rings (SSSR count). The van der Waals surface area contributed by atoms with Gasteiger partial charge in [-0.05, 0) is 43.0 Å². The Balaban J connectivity index is 1.18. The lowest BCUT2D eigenvalue weighted by atomic mass is 10.1. The summed E-state index contributed by atoms with van der Waals surface area (Å²) < 4.78 is 54.7.